The first-order valence-electron chi connectivity index (χ1n) is 6.97. The highest BCUT2D eigenvalue weighted by molar-refractivity contribution is 7.17. The minimum Gasteiger partial charge on any atom is -0.396 e. The van der Waals surface area contributed by atoms with Crippen molar-refractivity contribution in [3.8, 4) is 0 Å². The second-order valence-electron chi connectivity index (χ2n) is 5.01. The SMILES string of the molecule is C=CCNc1ncc(C(=O)N[C@H]2CCCC[C@@H]2CO)s1. The molecule has 2 rings (SSSR count). The summed E-state index contributed by atoms with van der Waals surface area (Å²) in [5.41, 5.74) is 0. The molecule has 1 aliphatic rings. The van der Waals surface area contributed by atoms with E-state index in [2.05, 4.69) is 22.2 Å². The fourth-order valence-electron chi connectivity index (χ4n) is 2.48. The Kier molecular flexibility index (Phi) is 5.55. The summed E-state index contributed by atoms with van der Waals surface area (Å²) in [4.78, 5) is 16.9. The Balaban J connectivity index is 1.93. The summed E-state index contributed by atoms with van der Waals surface area (Å²) in [7, 11) is 0. The highest BCUT2D eigenvalue weighted by atomic mass is 32.1. The molecule has 0 aromatic carbocycles. The number of thiazole rings is 1. The number of rotatable bonds is 6. The topological polar surface area (TPSA) is 74.2 Å². The van der Waals surface area contributed by atoms with Gasteiger partial charge in [0.25, 0.3) is 5.91 Å². The van der Waals surface area contributed by atoms with Gasteiger partial charge in [0.1, 0.15) is 4.88 Å². The lowest BCUT2D eigenvalue weighted by Gasteiger charge is -2.30. The van der Waals surface area contributed by atoms with E-state index < -0.39 is 0 Å². The number of anilines is 1. The third-order valence-electron chi connectivity index (χ3n) is 3.59. The van der Waals surface area contributed by atoms with Gasteiger partial charge in [0.15, 0.2) is 5.13 Å². The molecule has 110 valence electrons. The molecule has 0 radical (unpaired) electrons. The average molecular weight is 295 g/mol. The van der Waals surface area contributed by atoms with Gasteiger partial charge in [-0.3, -0.25) is 4.79 Å². The minimum atomic E-state index is -0.0977. The number of aromatic nitrogens is 1. The summed E-state index contributed by atoms with van der Waals surface area (Å²) in [6.45, 7) is 4.39. The van der Waals surface area contributed by atoms with Crippen LogP contribution in [0.1, 0.15) is 35.4 Å². The molecular weight excluding hydrogens is 274 g/mol. The highest BCUT2D eigenvalue weighted by Gasteiger charge is 2.26. The Bertz CT molecular complexity index is 461. The highest BCUT2D eigenvalue weighted by Crippen LogP contribution is 2.25. The number of hydrogen-bond donors (Lipinski definition) is 3. The number of hydrogen-bond acceptors (Lipinski definition) is 5. The summed E-state index contributed by atoms with van der Waals surface area (Å²) in [5.74, 6) is 0.0819. The summed E-state index contributed by atoms with van der Waals surface area (Å²) in [5, 5.41) is 16.2. The van der Waals surface area contributed by atoms with Crippen LogP contribution < -0.4 is 10.6 Å². The Hall–Kier alpha value is -1.40. The van der Waals surface area contributed by atoms with E-state index in [0.717, 1.165) is 30.8 Å². The fraction of sp³-hybridized carbons (Fsp3) is 0.571. The van der Waals surface area contributed by atoms with Gasteiger partial charge in [-0.2, -0.15) is 0 Å². The van der Waals surface area contributed by atoms with Crippen LogP contribution in [-0.4, -0.2) is 35.2 Å². The van der Waals surface area contributed by atoms with Crippen LogP contribution in [0.15, 0.2) is 18.9 Å². The zero-order chi connectivity index (χ0) is 14.4. The van der Waals surface area contributed by atoms with Gasteiger partial charge in [0, 0.05) is 25.1 Å². The molecule has 20 heavy (non-hydrogen) atoms. The molecule has 0 unspecified atom stereocenters. The van der Waals surface area contributed by atoms with Gasteiger partial charge in [0.2, 0.25) is 0 Å². The quantitative estimate of drug-likeness (QED) is 0.702. The van der Waals surface area contributed by atoms with Gasteiger partial charge in [-0.05, 0) is 12.8 Å². The van der Waals surface area contributed by atoms with Crippen molar-refractivity contribution in [1.82, 2.24) is 10.3 Å². The van der Waals surface area contributed by atoms with Gasteiger partial charge in [0.05, 0.1) is 6.20 Å². The summed E-state index contributed by atoms with van der Waals surface area (Å²) < 4.78 is 0. The number of amides is 1. The smallest absolute Gasteiger partial charge is 0.263 e. The van der Waals surface area contributed by atoms with Crippen molar-refractivity contribution in [2.75, 3.05) is 18.5 Å². The van der Waals surface area contributed by atoms with Crippen LogP contribution in [0.5, 0.6) is 0 Å². The van der Waals surface area contributed by atoms with E-state index in [9.17, 15) is 9.90 Å². The zero-order valence-corrected chi connectivity index (χ0v) is 12.3. The van der Waals surface area contributed by atoms with E-state index in [4.69, 9.17) is 0 Å². The third kappa shape index (κ3) is 3.80. The van der Waals surface area contributed by atoms with Crippen LogP contribution in [0, 0.1) is 5.92 Å². The number of aliphatic hydroxyl groups excluding tert-OH is 1. The van der Waals surface area contributed by atoms with Crippen LogP contribution in [0.2, 0.25) is 0 Å². The minimum absolute atomic E-state index is 0.0768. The van der Waals surface area contributed by atoms with E-state index in [0.29, 0.717) is 11.4 Å². The van der Waals surface area contributed by atoms with Crippen molar-refractivity contribution in [1.29, 1.82) is 0 Å². The lowest BCUT2D eigenvalue weighted by atomic mass is 9.85. The van der Waals surface area contributed by atoms with Gasteiger partial charge >= 0.3 is 0 Å². The van der Waals surface area contributed by atoms with Crippen molar-refractivity contribution in [2.45, 2.75) is 31.7 Å². The van der Waals surface area contributed by atoms with Crippen molar-refractivity contribution < 1.29 is 9.90 Å². The summed E-state index contributed by atoms with van der Waals surface area (Å²) >= 11 is 1.33. The molecule has 5 nitrogen and oxygen atoms in total. The normalized spacial score (nSPS) is 22.2. The molecule has 0 spiro atoms. The molecule has 6 heteroatoms. The fourth-order valence-corrected chi connectivity index (χ4v) is 3.20. The predicted molar refractivity (Wildman–Crippen MR) is 81.1 cm³/mol. The number of carbonyl (C=O) groups excluding carboxylic acids is 1. The first kappa shape index (κ1) is 15.0. The zero-order valence-electron chi connectivity index (χ0n) is 11.5. The Labute approximate surface area is 123 Å². The molecular formula is C14H21N3O2S. The maximum atomic E-state index is 12.2. The summed E-state index contributed by atoms with van der Waals surface area (Å²) in [6.07, 6.45) is 7.49. The maximum Gasteiger partial charge on any atom is 0.263 e. The van der Waals surface area contributed by atoms with Gasteiger partial charge in [-0.25, -0.2) is 4.98 Å². The van der Waals surface area contributed by atoms with Crippen molar-refractivity contribution in [3.63, 3.8) is 0 Å². The largest absolute Gasteiger partial charge is 0.396 e. The van der Waals surface area contributed by atoms with E-state index >= 15 is 0 Å². The van der Waals surface area contributed by atoms with Crippen LogP contribution in [0.4, 0.5) is 5.13 Å². The molecule has 1 aromatic rings. The Morgan fingerprint density at radius 2 is 2.35 bits per heavy atom. The first-order chi connectivity index (χ1) is 9.74. The van der Waals surface area contributed by atoms with Gasteiger partial charge in [-0.1, -0.05) is 30.3 Å². The molecule has 1 heterocycles. The molecule has 1 fully saturated rings. The lowest BCUT2D eigenvalue weighted by molar-refractivity contribution is 0.0876. The number of nitrogens with one attached hydrogen (secondary N) is 2. The van der Waals surface area contributed by atoms with E-state index in [1.54, 1.807) is 12.3 Å². The van der Waals surface area contributed by atoms with Crippen LogP contribution in [0.3, 0.4) is 0 Å². The van der Waals surface area contributed by atoms with E-state index in [-0.39, 0.29) is 24.5 Å². The van der Waals surface area contributed by atoms with Crippen LogP contribution in [0.25, 0.3) is 0 Å². The van der Waals surface area contributed by atoms with Gasteiger partial charge < -0.3 is 15.7 Å². The second kappa shape index (κ2) is 7.40. The molecule has 0 aliphatic heterocycles. The van der Waals surface area contributed by atoms with Crippen LogP contribution >= 0.6 is 11.3 Å². The molecule has 1 saturated carbocycles. The second-order valence-corrected chi connectivity index (χ2v) is 6.04. The molecule has 3 N–H and O–H groups in total. The summed E-state index contributed by atoms with van der Waals surface area (Å²) in [6, 6.07) is 0.0768. The van der Waals surface area contributed by atoms with Crippen molar-refractivity contribution in [3.05, 3.63) is 23.7 Å². The number of carbonyl (C=O) groups is 1. The lowest BCUT2D eigenvalue weighted by Crippen LogP contribution is -2.43. The van der Waals surface area contributed by atoms with Crippen molar-refractivity contribution >= 4 is 22.4 Å². The number of aliphatic hydroxyl groups is 1. The Morgan fingerprint density at radius 1 is 1.55 bits per heavy atom. The Morgan fingerprint density at radius 3 is 3.10 bits per heavy atom. The van der Waals surface area contributed by atoms with Crippen molar-refractivity contribution in [2.24, 2.45) is 5.92 Å². The molecule has 1 aliphatic carbocycles. The first-order valence-corrected chi connectivity index (χ1v) is 7.78. The maximum absolute atomic E-state index is 12.2. The standard InChI is InChI=1S/C14H21N3O2S/c1-2-7-15-14-16-8-12(20-14)13(19)17-11-6-4-3-5-10(11)9-18/h2,8,10-11,18H,1,3-7,9H2,(H,15,16)(H,17,19)/t10-,11+/m1/s1. The molecule has 0 saturated heterocycles. The third-order valence-corrected chi connectivity index (χ3v) is 4.54. The van der Waals surface area contributed by atoms with Crippen LogP contribution in [-0.2, 0) is 0 Å². The molecule has 0 bridgehead atoms. The molecule has 2 atom stereocenters. The van der Waals surface area contributed by atoms with E-state index in [1.807, 2.05) is 0 Å². The molecule has 1 amide bonds. The molecule has 1 aromatic heterocycles. The number of nitrogens with zero attached hydrogens (tertiary/aromatic N) is 1. The van der Waals surface area contributed by atoms with Gasteiger partial charge in [-0.15, -0.1) is 6.58 Å². The monoisotopic (exact) mass is 295 g/mol. The van der Waals surface area contributed by atoms with E-state index in [1.165, 1.54) is 11.3 Å². The average Bonchev–Trinajstić information content (AvgIpc) is 2.94. The predicted octanol–water partition coefficient (Wildman–Crippen LogP) is 2.02.